The quantitative estimate of drug-likeness (QED) is 0.524. The number of aryl methyl sites for hydroxylation is 1. The van der Waals surface area contributed by atoms with Crippen LogP contribution in [0.1, 0.15) is 47.3 Å². The molecule has 0 saturated carbocycles. The van der Waals surface area contributed by atoms with Gasteiger partial charge in [-0.2, -0.15) is 0 Å². The lowest BCUT2D eigenvalue weighted by Crippen LogP contribution is -2.37. The average molecular weight is 418 g/mol. The average Bonchev–Trinajstić information content (AvgIpc) is 2.75. The van der Waals surface area contributed by atoms with Crippen molar-refractivity contribution in [3.8, 4) is 0 Å². The van der Waals surface area contributed by atoms with Crippen LogP contribution in [0.4, 0.5) is 17.1 Å². The largest absolute Gasteiger partial charge is 0.462 e. The van der Waals surface area contributed by atoms with Crippen LogP contribution in [-0.2, 0) is 4.74 Å². The van der Waals surface area contributed by atoms with E-state index in [1.807, 2.05) is 68.4 Å². The molecule has 6 nitrogen and oxygen atoms in total. The molecule has 1 amide bonds. The van der Waals surface area contributed by atoms with Crippen molar-refractivity contribution in [3.63, 3.8) is 0 Å². The molecular formula is C25H27N3O3. The van der Waals surface area contributed by atoms with E-state index in [1.54, 1.807) is 30.9 Å². The van der Waals surface area contributed by atoms with Crippen LogP contribution in [0.5, 0.6) is 0 Å². The number of hydrogen-bond donors (Lipinski definition) is 1. The Morgan fingerprint density at radius 1 is 0.968 bits per heavy atom. The van der Waals surface area contributed by atoms with E-state index in [4.69, 9.17) is 4.74 Å². The maximum Gasteiger partial charge on any atom is 0.339 e. The highest BCUT2D eigenvalue weighted by Gasteiger charge is 2.23. The van der Waals surface area contributed by atoms with Gasteiger partial charge in [0.2, 0.25) is 0 Å². The van der Waals surface area contributed by atoms with Gasteiger partial charge < -0.3 is 15.0 Å². The van der Waals surface area contributed by atoms with Crippen molar-refractivity contribution in [3.05, 3.63) is 83.7 Å². The van der Waals surface area contributed by atoms with Crippen molar-refractivity contribution in [1.82, 2.24) is 4.98 Å². The molecule has 0 aliphatic rings. The summed E-state index contributed by atoms with van der Waals surface area (Å²) in [4.78, 5) is 31.3. The van der Waals surface area contributed by atoms with Crippen LogP contribution in [0.25, 0.3) is 0 Å². The van der Waals surface area contributed by atoms with E-state index in [2.05, 4.69) is 10.3 Å². The monoisotopic (exact) mass is 417 g/mol. The molecule has 31 heavy (non-hydrogen) atoms. The van der Waals surface area contributed by atoms with E-state index in [-0.39, 0.29) is 24.2 Å². The number of esters is 1. The number of pyridine rings is 1. The maximum absolute atomic E-state index is 13.3. The molecule has 160 valence electrons. The summed E-state index contributed by atoms with van der Waals surface area (Å²) in [5, 5.41) is 3.34. The van der Waals surface area contributed by atoms with E-state index in [0.717, 1.165) is 17.1 Å². The minimum atomic E-state index is -0.436. The van der Waals surface area contributed by atoms with E-state index in [9.17, 15) is 9.59 Å². The lowest BCUT2D eigenvalue weighted by molar-refractivity contribution is 0.0524. The molecule has 1 N–H and O–H groups in total. The number of nitrogens with one attached hydrogen (secondary N) is 1. The standard InChI is InChI=1S/C25H27N3O3/c1-5-31-25(30)22-15-16-23(26-18(22)4)24(29)28(17(2)3)21-13-11-20(12-14-21)27-19-9-7-6-8-10-19/h6-17,27H,5H2,1-4H3. The highest BCUT2D eigenvalue weighted by atomic mass is 16.5. The Hall–Kier alpha value is -3.67. The van der Waals surface area contributed by atoms with E-state index in [1.165, 1.54) is 0 Å². The van der Waals surface area contributed by atoms with Crippen LogP contribution < -0.4 is 10.2 Å². The van der Waals surface area contributed by atoms with E-state index >= 15 is 0 Å². The number of anilines is 3. The zero-order chi connectivity index (χ0) is 22.4. The van der Waals surface area contributed by atoms with Crippen LogP contribution in [0.3, 0.4) is 0 Å². The van der Waals surface area contributed by atoms with Crippen molar-refractivity contribution >= 4 is 28.9 Å². The Balaban J connectivity index is 1.82. The topological polar surface area (TPSA) is 71.5 Å². The van der Waals surface area contributed by atoms with E-state index in [0.29, 0.717) is 11.3 Å². The molecule has 2 aromatic carbocycles. The van der Waals surface area contributed by atoms with Crippen LogP contribution in [0, 0.1) is 6.92 Å². The normalized spacial score (nSPS) is 10.6. The van der Waals surface area contributed by atoms with Crippen molar-refractivity contribution in [2.24, 2.45) is 0 Å². The maximum atomic E-state index is 13.3. The number of para-hydroxylation sites is 1. The van der Waals surface area contributed by atoms with E-state index < -0.39 is 5.97 Å². The second kappa shape index (κ2) is 9.89. The number of hydrogen-bond acceptors (Lipinski definition) is 5. The third kappa shape index (κ3) is 5.28. The van der Waals surface area contributed by atoms with Gasteiger partial charge in [0.25, 0.3) is 5.91 Å². The first kappa shape index (κ1) is 22.0. The number of carbonyl (C=O) groups excluding carboxylic acids is 2. The Morgan fingerprint density at radius 3 is 2.19 bits per heavy atom. The molecule has 0 bridgehead atoms. The minimum Gasteiger partial charge on any atom is -0.462 e. The summed E-state index contributed by atoms with van der Waals surface area (Å²) in [6.45, 7) is 7.64. The fraction of sp³-hybridized carbons (Fsp3) is 0.240. The van der Waals surface area contributed by atoms with Crippen LogP contribution in [0.15, 0.2) is 66.7 Å². The molecule has 1 aromatic heterocycles. The number of carbonyl (C=O) groups is 2. The molecule has 3 rings (SSSR count). The molecule has 1 heterocycles. The van der Waals surface area contributed by atoms with Crippen LogP contribution >= 0.6 is 0 Å². The summed E-state index contributed by atoms with van der Waals surface area (Å²) in [6, 6.07) is 20.7. The Labute approximate surface area is 182 Å². The molecule has 0 radical (unpaired) electrons. The van der Waals surface area contributed by atoms with Crippen LogP contribution in [-0.4, -0.2) is 29.5 Å². The van der Waals surface area contributed by atoms with Gasteiger partial charge in [-0.05, 0) is 76.2 Å². The molecule has 0 atom stereocenters. The van der Waals surface area contributed by atoms with Crippen molar-refractivity contribution in [1.29, 1.82) is 0 Å². The van der Waals surface area contributed by atoms with Gasteiger partial charge in [0, 0.05) is 23.1 Å². The fourth-order valence-electron chi connectivity index (χ4n) is 3.27. The predicted octanol–water partition coefficient (Wildman–Crippen LogP) is 5.37. The number of aromatic nitrogens is 1. The molecule has 6 heteroatoms. The summed E-state index contributed by atoms with van der Waals surface area (Å²) in [5.74, 6) is -0.661. The number of nitrogens with zero attached hydrogens (tertiary/aromatic N) is 2. The van der Waals surface area contributed by atoms with Gasteiger partial charge in [-0.3, -0.25) is 4.79 Å². The summed E-state index contributed by atoms with van der Waals surface area (Å²) < 4.78 is 5.04. The number of amides is 1. The lowest BCUT2D eigenvalue weighted by Gasteiger charge is -2.27. The predicted molar refractivity (Wildman–Crippen MR) is 123 cm³/mol. The summed E-state index contributed by atoms with van der Waals surface area (Å²) in [7, 11) is 0. The van der Waals surface area contributed by atoms with Gasteiger partial charge in [0.05, 0.1) is 17.9 Å². The van der Waals surface area contributed by atoms with Gasteiger partial charge in [-0.15, -0.1) is 0 Å². The lowest BCUT2D eigenvalue weighted by atomic mass is 10.1. The number of ether oxygens (including phenoxy) is 1. The van der Waals surface area contributed by atoms with Crippen LogP contribution in [0.2, 0.25) is 0 Å². The first-order valence-electron chi connectivity index (χ1n) is 10.3. The molecule has 0 fully saturated rings. The fourth-order valence-corrected chi connectivity index (χ4v) is 3.27. The zero-order valence-corrected chi connectivity index (χ0v) is 18.3. The van der Waals surface area contributed by atoms with Crippen molar-refractivity contribution < 1.29 is 14.3 Å². The zero-order valence-electron chi connectivity index (χ0n) is 18.3. The first-order chi connectivity index (χ1) is 14.9. The Morgan fingerprint density at radius 2 is 1.61 bits per heavy atom. The molecule has 0 spiro atoms. The molecule has 0 aliphatic heterocycles. The molecule has 3 aromatic rings. The second-order valence-electron chi connectivity index (χ2n) is 7.36. The van der Waals surface area contributed by atoms with Gasteiger partial charge in [-0.1, -0.05) is 18.2 Å². The molecular weight excluding hydrogens is 390 g/mol. The Kier molecular flexibility index (Phi) is 7.03. The highest BCUT2D eigenvalue weighted by Crippen LogP contribution is 2.24. The summed E-state index contributed by atoms with van der Waals surface area (Å²) >= 11 is 0. The smallest absolute Gasteiger partial charge is 0.339 e. The van der Waals surface area contributed by atoms with Gasteiger partial charge in [0.15, 0.2) is 0 Å². The van der Waals surface area contributed by atoms with Gasteiger partial charge in [-0.25, -0.2) is 9.78 Å². The second-order valence-corrected chi connectivity index (χ2v) is 7.36. The number of benzene rings is 2. The van der Waals surface area contributed by atoms with Gasteiger partial charge in [0.1, 0.15) is 5.69 Å². The Bertz CT molecular complexity index is 1050. The minimum absolute atomic E-state index is 0.0766. The SMILES string of the molecule is CCOC(=O)c1ccc(C(=O)N(c2ccc(Nc3ccccc3)cc2)C(C)C)nc1C. The third-order valence-corrected chi connectivity index (χ3v) is 4.74. The number of rotatable bonds is 7. The first-order valence-corrected chi connectivity index (χ1v) is 10.3. The third-order valence-electron chi connectivity index (χ3n) is 4.74. The summed E-state index contributed by atoms with van der Waals surface area (Å²) in [5.41, 5.74) is 3.81. The summed E-state index contributed by atoms with van der Waals surface area (Å²) in [6.07, 6.45) is 0. The highest BCUT2D eigenvalue weighted by molar-refractivity contribution is 6.05. The molecule has 0 saturated heterocycles. The van der Waals surface area contributed by atoms with Gasteiger partial charge >= 0.3 is 5.97 Å². The van der Waals surface area contributed by atoms with Crippen molar-refractivity contribution in [2.75, 3.05) is 16.8 Å². The molecule has 0 unspecified atom stereocenters. The van der Waals surface area contributed by atoms with Crippen molar-refractivity contribution in [2.45, 2.75) is 33.7 Å². The molecule has 0 aliphatic carbocycles.